The van der Waals surface area contributed by atoms with Crippen molar-refractivity contribution in [3.05, 3.63) is 21.0 Å². The first-order valence-electron chi connectivity index (χ1n) is 6.57. The largest absolute Gasteiger partial charge is 0.452 e. The van der Waals surface area contributed by atoms with Crippen LogP contribution in [0.3, 0.4) is 0 Å². The van der Waals surface area contributed by atoms with E-state index >= 15 is 0 Å². The summed E-state index contributed by atoms with van der Waals surface area (Å²) in [6.45, 7) is 4.66. The average molecular weight is 396 g/mol. The molecule has 19 heavy (non-hydrogen) atoms. The van der Waals surface area contributed by atoms with Gasteiger partial charge >= 0.3 is 0 Å². The standard InChI is InChI=1S/C13H20Br2N2O2/c1-18-6-5-17(8-10-3-2-4-16-10)9-11-7-12(14)13(15)19-11/h7,10,16H,2-6,8-9H2,1H3. The molecule has 1 aromatic rings. The van der Waals surface area contributed by atoms with Crippen LogP contribution in [0.4, 0.5) is 0 Å². The molecule has 1 aliphatic rings. The third kappa shape index (κ3) is 4.86. The number of furan rings is 1. The molecule has 1 aromatic heterocycles. The predicted molar refractivity (Wildman–Crippen MR) is 82.3 cm³/mol. The van der Waals surface area contributed by atoms with Gasteiger partial charge in [0.25, 0.3) is 0 Å². The molecule has 1 unspecified atom stereocenters. The normalized spacial score (nSPS) is 19.5. The summed E-state index contributed by atoms with van der Waals surface area (Å²) in [5.41, 5.74) is 0. The zero-order valence-electron chi connectivity index (χ0n) is 11.1. The molecule has 1 saturated heterocycles. The molecule has 2 rings (SSSR count). The van der Waals surface area contributed by atoms with Gasteiger partial charge in [-0.05, 0) is 57.3 Å². The fourth-order valence-corrected chi connectivity index (χ4v) is 3.03. The van der Waals surface area contributed by atoms with E-state index in [1.165, 1.54) is 12.8 Å². The molecule has 1 N–H and O–H groups in total. The number of hydrogen-bond donors (Lipinski definition) is 1. The molecule has 108 valence electrons. The van der Waals surface area contributed by atoms with Gasteiger partial charge in [0.05, 0.1) is 17.6 Å². The fourth-order valence-electron chi connectivity index (χ4n) is 2.37. The molecule has 0 spiro atoms. The quantitative estimate of drug-likeness (QED) is 0.769. The van der Waals surface area contributed by atoms with Crippen molar-refractivity contribution < 1.29 is 9.15 Å². The van der Waals surface area contributed by atoms with E-state index in [-0.39, 0.29) is 0 Å². The van der Waals surface area contributed by atoms with Crippen molar-refractivity contribution in [2.75, 3.05) is 33.4 Å². The minimum absolute atomic E-state index is 0.596. The van der Waals surface area contributed by atoms with E-state index in [1.54, 1.807) is 7.11 Å². The Morgan fingerprint density at radius 2 is 2.37 bits per heavy atom. The van der Waals surface area contributed by atoms with Crippen LogP contribution < -0.4 is 5.32 Å². The average Bonchev–Trinajstić information content (AvgIpc) is 2.98. The molecule has 0 bridgehead atoms. The maximum atomic E-state index is 5.66. The lowest BCUT2D eigenvalue weighted by atomic mass is 10.2. The number of ether oxygens (including phenoxy) is 1. The number of methoxy groups -OCH3 is 1. The lowest BCUT2D eigenvalue weighted by Crippen LogP contribution is -2.38. The number of nitrogens with one attached hydrogen (secondary N) is 1. The van der Waals surface area contributed by atoms with Gasteiger partial charge in [-0.1, -0.05) is 0 Å². The molecular weight excluding hydrogens is 376 g/mol. The molecular formula is C13H20Br2N2O2. The summed E-state index contributed by atoms with van der Waals surface area (Å²) < 4.78 is 12.6. The van der Waals surface area contributed by atoms with Crippen LogP contribution in [-0.2, 0) is 11.3 Å². The maximum Gasteiger partial charge on any atom is 0.183 e. The monoisotopic (exact) mass is 394 g/mol. The van der Waals surface area contributed by atoms with Gasteiger partial charge in [0, 0.05) is 26.2 Å². The smallest absolute Gasteiger partial charge is 0.183 e. The van der Waals surface area contributed by atoms with Crippen molar-refractivity contribution in [2.45, 2.75) is 25.4 Å². The SMILES string of the molecule is COCCN(Cc1cc(Br)c(Br)o1)CC1CCCN1. The van der Waals surface area contributed by atoms with E-state index in [0.29, 0.717) is 6.04 Å². The van der Waals surface area contributed by atoms with E-state index in [9.17, 15) is 0 Å². The van der Waals surface area contributed by atoms with Gasteiger partial charge in [-0.3, -0.25) is 4.90 Å². The van der Waals surface area contributed by atoms with Crippen LogP contribution in [0.2, 0.25) is 0 Å². The van der Waals surface area contributed by atoms with Crippen LogP contribution in [0.1, 0.15) is 18.6 Å². The fraction of sp³-hybridized carbons (Fsp3) is 0.692. The number of halogens is 2. The Morgan fingerprint density at radius 1 is 1.53 bits per heavy atom. The molecule has 1 fully saturated rings. The Hall–Kier alpha value is 0.120. The van der Waals surface area contributed by atoms with Crippen LogP contribution in [0.25, 0.3) is 0 Å². The molecule has 6 heteroatoms. The zero-order chi connectivity index (χ0) is 13.7. The molecule has 1 aliphatic heterocycles. The molecule has 0 aromatic carbocycles. The lowest BCUT2D eigenvalue weighted by Gasteiger charge is -2.24. The summed E-state index contributed by atoms with van der Waals surface area (Å²) in [4.78, 5) is 2.38. The van der Waals surface area contributed by atoms with Gasteiger partial charge in [0.1, 0.15) is 5.76 Å². The Balaban J connectivity index is 1.91. The van der Waals surface area contributed by atoms with E-state index in [1.807, 2.05) is 6.07 Å². The van der Waals surface area contributed by atoms with Crippen molar-refractivity contribution >= 4 is 31.9 Å². The zero-order valence-corrected chi connectivity index (χ0v) is 14.3. The third-order valence-corrected chi connectivity index (χ3v) is 5.04. The summed E-state index contributed by atoms with van der Waals surface area (Å²) in [5, 5.41) is 3.53. The van der Waals surface area contributed by atoms with Crippen molar-refractivity contribution in [3.8, 4) is 0 Å². The second-order valence-electron chi connectivity index (χ2n) is 4.86. The van der Waals surface area contributed by atoms with Gasteiger partial charge in [0.2, 0.25) is 0 Å². The van der Waals surface area contributed by atoms with Gasteiger partial charge in [-0.2, -0.15) is 0 Å². The van der Waals surface area contributed by atoms with Crippen LogP contribution in [0, 0.1) is 0 Å². The van der Waals surface area contributed by atoms with Crippen LogP contribution in [0.15, 0.2) is 19.6 Å². The van der Waals surface area contributed by atoms with Crippen LogP contribution >= 0.6 is 31.9 Å². The van der Waals surface area contributed by atoms with E-state index in [2.05, 4.69) is 42.1 Å². The second-order valence-corrected chi connectivity index (χ2v) is 6.43. The van der Waals surface area contributed by atoms with Crippen molar-refractivity contribution in [1.82, 2.24) is 10.2 Å². The third-order valence-electron chi connectivity index (χ3n) is 3.33. The summed E-state index contributed by atoms with van der Waals surface area (Å²) >= 11 is 6.83. The highest BCUT2D eigenvalue weighted by atomic mass is 79.9. The first-order valence-corrected chi connectivity index (χ1v) is 8.16. The summed E-state index contributed by atoms with van der Waals surface area (Å²) in [6.07, 6.45) is 2.54. The van der Waals surface area contributed by atoms with Gasteiger partial charge in [0.15, 0.2) is 4.67 Å². The van der Waals surface area contributed by atoms with E-state index < -0.39 is 0 Å². The molecule has 0 radical (unpaired) electrons. The van der Waals surface area contributed by atoms with Gasteiger partial charge in [-0.15, -0.1) is 0 Å². The topological polar surface area (TPSA) is 37.6 Å². The maximum absolute atomic E-state index is 5.66. The van der Waals surface area contributed by atoms with Gasteiger partial charge in [-0.25, -0.2) is 0 Å². The summed E-state index contributed by atoms with van der Waals surface area (Å²) in [6, 6.07) is 2.62. The van der Waals surface area contributed by atoms with E-state index in [0.717, 1.165) is 47.7 Å². The summed E-state index contributed by atoms with van der Waals surface area (Å²) in [5.74, 6) is 0.966. The minimum atomic E-state index is 0.596. The highest BCUT2D eigenvalue weighted by Crippen LogP contribution is 2.27. The molecule has 2 heterocycles. The van der Waals surface area contributed by atoms with E-state index in [4.69, 9.17) is 9.15 Å². The highest BCUT2D eigenvalue weighted by Gasteiger charge is 2.19. The minimum Gasteiger partial charge on any atom is -0.452 e. The first-order chi connectivity index (χ1) is 9.19. The number of rotatable bonds is 7. The molecule has 0 amide bonds. The first kappa shape index (κ1) is 15.5. The van der Waals surface area contributed by atoms with Crippen molar-refractivity contribution in [1.29, 1.82) is 0 Å². The van der Waals surface area contributed by atoms with Crippen molar-refractivity contribution in [3.63, 3.8) is 0 Å². The lowest BCUT2D eigenvalue weighted by molar-refractivity contribution is 0.133. The Labute approximate surface area is 131 Å². The number of nitrogens with zero attached hydrogens (tertiary/aromatic N) is 1. The molecule has 0 aliphatic carbocycles. The van der Waals surface area contributed by atoms with Crippen molar-refractivity contribution in [2.24, 2.45) is 0 Å². The molecule has 4 nitrogen and oxygen atoms in total. The van der Waals surface area contributed by atoms with Gasteiger partial charge < -0.3 is 14.5 Å². The second kappa shape index (κ2) is 7.78. The summed E-state index contributed by atoms with van der Waals surface area (Å²) in [7, 11) is 1.74. The van der Waals surface area contributed by atoms with Crippen LogP contribution in [0.5, 0.6) is 0 Å². The van der Waals surface area contributed by atoms with Crippen LogP contribution in [-0.4, -0.2) is 44.3 Å². The molecule has 1 atom stereocenters. The Morgan fingerprint density at radius 3 is 2.95 bits per heavy atom. The molecule has 0 saturated carbocycles. The Kier molecular flexibility index (Phi) is 6.35. The number of hydrogen-bond acceptors (Lipinski definition) is 4. The Bertz CT molecular complexity index is 372. The highest BCUT2D eigenvalue weighted by molar-refractivity contribution is 9.13. The predicted octanol–water partition coefficient (Wildman–Crippen LogP) is 3.01.